The molecule has 1 aromatic heterocycles. The second kappa shape index (κ2) is 6.01. The quantitative estimate of drug-likeness (QED) is 0.919. The summed E-state index contributed by atoms with van der Waals surface area (Å²) in [6, 6.07) is 3.29. The molecule has 1 aliphatic heterocycles. The second-order valence-corrected chi connectivity index (χ2v) is 7.35. The van der Waals surface area contributed by atoms with Crippen LogP contribution in [0.4, 0.5) is 0 Å². The van der Waals surface area contributed by atoms with Gasteiger partial charge in [-0.15, -0.1) is 11.3 Å². The minimum absolute atomic E-state index is 0.380. The molecule has 18 heavy (non-hydrogen) atoms. The van der Waals surface area contributed by atoms with E-state index in [1.54, 1.807) is 0 Å². The molecule has 0 aliphatic carbocycles. The normalized spacial score (nSPS) is 22.9. The van der Waals surface area contributed by atoms with Crippen molar-refractivity contribution in [3.05, 3.63) is 20.3 Å². The van der Waals surface area contributed by atoms with Gasteiger partial charge in [0.25, 0.3) is 0 Å². The SMILES string of the molecule is Cc1sc(C(CN)N2CCC(N(C)C)C2)cc1Br. The molecule has 0 bridgehead atoms. The third-order valence-electron chi connectivity index (χ3n) is 3.79. The molecule has 2 unspecified atom stereocenters. The molecule has 1 saturated heterocycles. The van der Waals surface area contributed by atoms with Crippen molar-refractivity contribution in [2.75, 3.05) is 33.7 Å². The predicted octanol–water partition coefficient (Wildman–Crippen LogP) is 2.45. The van der Waals surface area contributed by atoms with E-state index in [4.69, 9.17) is 5.73 Å². The van der Waals surface area contributed by atoms with Gasteiger partial charge in [-0.05, 0) is 49.4 Å². The van der Waals surface area contributed by atoms with Gasteiger partial charge in [-0.2, -0.15) is 0 Å². The molecule has 5 heteroatoms. The molecule has 2 N–H and O–H groups in total. The summed E-state index contributed by atoms with van der Waals surface area (Å²) >= 11 is 5.46. The van der Waals surface area contributed by atoms with E-state index in [2.05, 4.69) is 52.8 Å². The van der Waals surface area contributed by atoms with Crippen LogP contribution in [0, 0.1) is 6.92 Å². The van der Waals surface area contributed by atoms with Crippen LogP contribution >= 0.6 is 27.3 Å². The van der Waals surface area contributed by atoms with Gasteiger partial charge in [-0.1, -0.05) is 0 Å². The van der Waals surface area contributed by atoms with Crippen molar-refractivity contribution in [1.29, 1.82) is 0 Å². The third kappa shape index (κ3) is 2.96. The van der Waals surface area contributed by atoms with Gasteiger partial charge in [0.15, 0.2) is 0 Å². The lowest BCUT2D eigenvalue weighted by Crippen LogP contribution is -2.35. The minimum Gasteiger partial charge on any atom is -0.329 e. The number of rotatable bonds is 4. The Morgan fingerprint density at radius 3 is 2.78 bits per heavy atom. The fourth-order valence-corrected chi connectivity index (χ4v) is 4.27. The second-order valence-electron chi connectivity index (χ2n) is 5.21. The number of thiophene rings is 1. The highest BCUT2D eigenvalue weighted by Gasteiger charge is 2.30. The molecular formula is C13H22BrN3S. The molecule has 2 heterocycles. The van der Waals surface area contributed by atoms with Crippen LogP contribution in [0.5, 0.6) is 0 Å². The van der Waals surface area contributed by atoms with Crippen LogP contribution < -0.4 is 5.73 Å². The van der Waals surface area contributed by atoms with Gasteiger partial charge >= 0.3 is 0 Å². The Kier molecular flexibility index (Phi) is 4.83. The lowest BCUT2D eigenvalue weighted by atomic mass is 10.2. The van der Waals surface area contributed by atoms with Crippen molar-refractivity contribution in [3.8, 4) is 0 Å². The van der Waals surface area contributed by atoms with E-state index in [0.717, 1.165) is 13.1 Å². The number of likely N-dealkylation sites (N-methyl/N-ethyl adjacent to an activating group) is 1. The maximum atomic E-state index is 6.00. The van der Waals surface area contributed by atoms with Crippen molar-refractivity contribution in [2.24, 2.45) is 5.73 Å². The molecule has 1 fully saturated rings. The van der Waals surface area contributed by atoms with Gasteiger partial charge in [0.05, 0.1) is 6.04 Å². The van der Waals surface area contributed by atoms with Crippen LogP contribution in [0.2, 0.25) is 0 Å². The predicted molar refractivity (Wildman–Crippen MR) is 82.2 cm³/mol. The van der Waals surface area contributed by atoms with E-state index < -0.39 is 0 Å². The Bertz CT molecular complexity index is 385. The maximum absolute atomic E-state index is 6.00. The smallest absolute Gasteiger partial charge is 0.0565 e. The Morgan fingerprint density at radius 1 is 1.61 bits per heavy atom. The number of nitrogens with zero attached hydrogens (tertiary/aromatic N) is 2. The van der Waals surface area contributed by atoms with Crippen LogP contribution in [0.15, 0.2) is 10.5 Å². The monoisotopic (exact) mass is 331 g/mol. The lowest BCUT2D eigenvalue weighted by molar-refractivity contribution is 0.223. The summed E-state index contributed by atoms with van der Waals surface area (Å²) in [4.78, 5) is 7.58. The summed E-state index contributed by atoms with van der Waals surface area (Å²) < 4.78 is 1.21. The van der Waals surface area contributed by atoms with Crippen molar-refractivity contribution in [1.82, 2.24) is 9.80 Å². The molecule has 102 valence electrons. The van der Waals surface area contributed by atoms with E-state index in [1.807, 2.05) is 11.3 Å². The average Bonchev–Trinajstić information content (AvgIpc) is 2.89. The summed E-state index contributed by atoms with van der Waals surface area (Å²) in [6.45, 7) is 5.13. The molecule has 2 rings (SSSR count). The van der Waals surface area contributed by atoms with E-state index in [-0.39, 0.29) is 0 Å². The summed E-state index contributed by atoms with van der Waals surface area (Å²) in [5.41, 5.74) is 6.00. The molecule has 0 radical (unpaired) electrons. The molecule has 2 atom stereocenters. The highest BCUT2D eigenvalue weighted by atomic mass is 79.9. The fourth-order valence-electron chi connectivity index (χ4n) is 2.56. The Balaban J connectivity index is 2.10. The van der Waals surface area contributed by atoms with Crippen LogP contribution in [0.3, 0.4) is 0 Å². The molecule has 0 amide bonds. The van der Waals surface area contributed by atoms with Crippen molar-refractivity contribution >= 4 is 27.3 Å². The van der Waals surface area contributed by atoms with Gasteiger partial charge in [0.2, 0.25) is 0 Å². The Hall–Kier alpha value is 0.0600. The van der Waals surface area contributed by atoms with Gasteiger partial charge in [0, 0.05) is 39.9 Å². The molecule has 0 spiro atoms. The van der Waals surface area contributed by atoms with Crippen LogP contribution in [0.1, 0.15) is 22.2 Å². The van der Waals surface area contributed by atoms with Gasteiger partial charge in [-0.25, -0.2) is 0 Å². The Morgan fingerprint density at radius 2 is 2.33 bits per heavy atom. The van der Waals surface area contributed by atoms with Crippen LogP contribution in [-0.4, -0.2) is 49.6 Å². The highest BCUT2D eigenvalue weighted by Crippen LogP contribution is 2.34. The first kappa shape index (κ1) is 14.5. The first-order valence-corrected chi connectivity index (χ1v) is 8.00. The highest BCUT2D eigenvalue weighted by molar-refractivity contribution is 9.10. The zero-order valence-electron chi connectivity index (χ0n) is 11.3. The molecule has 1 aromatic rings. The van der Waals surface area contributed by atoms with E-state index in [9.17, 15) is 0 Å². The molecule has 3 nitrogen and oxygen atoms in total. The number of aryl methyl sites for hydroxylation is 1. The molecule has 0 aromatic carbocycles. The first-order chi connectivity index (χ1) is 8.52. The maximum Gasteiger partial charge on any atom is 0.0565 e. The standard InChI is InChI=1S/C13H22BrN3S/c1-9-11(14)6-13(18-9)12(7-15)17-5-4-10(8-17)16(2)3/h6,10,12H,4-5,7-8,15H2,1-3H3. The summed E-state index contributed by atoms with van der Waals surface area (Å²) in [7, 11) is 4.33. The third-order valence-corrected chi connectivity index (χ3v) is 6.03. The summed E-state index contributed by atoms with van der Waals surface area (Å²) in [6.07, 6.45) is 1.25. The number of hydrogen-bond donors (Lipinski definition) is 1. The zero-order valence-corrected chi connectivity index (χ0v) is 13.7. The van der Waals surface area contributed by atoms with E-state index >= 15 is 0 Å². The van der Waals surface area contributed by atoms with Crippen LogP contribution in [-0.2, 0) is 0 Å². The van der Waals surface area contributed by atoms with Gasteiger partial charge in [-0.3, -0.25) is 4.90 Å². The van der Waals surface area contributed by atoms with Crippen molar-refractivity contribution in [2.45, 2.75) is 25.4 Å². The zero-order chi connectivity index (χ0) is 13.3. The number of nitrogens with two attached hydrogens (primary N) is 1. The largest absolute Gasteiger partial charge is 0.329 e. The molecule has 1 aliphatic rings. The number of hydrogen-bond acceptors (Lipinski definition) is 4. The number of halogens is 1. The summed E-state index contributed by atoms with van der Waals surface area (Å²) in [5, 5.41) is 0. The average molecular weight is 332 g/mol. The van der Waals surface area contributed by atoms with Crippen molar-refractivity contribution in [3.63, 3.8) is 0 Å². The topological polar surface area (TPSA) is 32.5 Å². The van der Waals surface area contributed by atoms with E-state index in [1.165, 1.54) is 20.6 Å². The van der Waals surface area contributed by atoms with Gasteiger partial charge < -0.3 is 10.6 Å². The van der Waals surface area contributed by atoms with Crippen LogP contribution in [0.25, 0.3) is 0 Å². The molecular weight excluding hydrogens is 310 g/mol. The van der Waals surface area contributed by atoms with Gasteiger partial charge in [0.1, 0.15) is 0 Å². The number of likely N-dealkylation sites (tertiary alicyclic amines) is 1. The lowest BCUT2D eigenvalue weighted by Gasteiger charge is -2.27. The van der Waals surface area contributed by atoms with Crippen molar-refractivity contribution < 1.29 is 0 Å². The van der Waals surface area contributed by atoms with E-state index in [0.29, 0.717) is 18.6 Å². The minimum atomic E-state index is 0.380. The first-order valence-electron chi connectivity index (χ1n) is 6.39. The fraction of sp³-hybridized carbons (Fsp3) is 0.692. The Labute approximate surface area is 122 Å². The molecule has 0 saturated carbocycles. The summed E-state index contributed by atoms with van der Waals surface area (Å²) in [5.74, 6) is 0.